The molecule has 4 rings (SSSR count). The Kier molecular flexibility index (Phi) is 4.71. The number of rotatable bonds is 6. The van der Waals surface area contributed by atoms with E-state index >= 15 is 0 Å². The lowest BCUT2D eigenvalue weighted by Gasteiger charge is -2.07. The van der Waals surface area contributed by atoms with E-state index in [1.807, 2.05) is 66.9 Å². The van der Waals surface area contributed by atoms with Crippen molar-refractivity contribution in [2.75, 3.05) is 6.61 Å². The quantitative estimate of drug-likeness (QED) is 0.403. The molecule has 134 valence electrons. The molecular formula is C23H19NO3. The molecule has 0 aliphatic rings. The molecule has 4 aromatic rings. The maximum Gasteiger partial charge on any atom is 0.306 e. The number of ketones is 1. The van der Waals surface area contributed by atoms with Crippen LogP contribution in [0.2, 0.25) is 0 Å². The van der Waals surface area contributed by atoms with Crippen LogP contribution in [-0.4, -0.2) is 23.3 Å². The van der Waals surface area contributed by atoms with E-state index in [4.69, 9.17) is 4.74 Å². The summed E-state index contributed by atoms with van der Waals surface area (Å²) >= 11 is 0. The number of Topliss-reactive ketones (excluding diaryl/α,β-unsaturated/α-hetero) is 1. The van der Waals surface area contributed by atoms with E-state index in [2.05, 4.69) is 4.98 Å². The summed E-state index contributed by atoms with van der Waals surface area (Å²) in [5.41, 5.74) is 2.70. The second kappa shape index (κ2) is 7.46. The number of H-pyrrole nitrogens is 1. The number of esters is 1. The fraction of sp³-hybridized carbons (Fsp3) is 0.130. The number of fused-ring (bicyclic) bond motifs is 2. The van der Waals surface area contributed by atoms with Crippen LogP contribution in [0.25, 0.3) is 21.7 Å². The number of aromatic nitrogens is 1. The van der Waals surface area contributed by atoms with Crippen molar-refractivity contribution in [1.29, 1.82) is 0 Å². The molecule has 0 saturated heterocycles. The van der Waals surface area contributed by atoms with Crippen molar-refractivity contribution in [2.24, 2.45) is 0 Å². The molecule has 0 bridgehead atoms. The topological polar surface area (TPSA) is 59.2 Å². The first kappa shape index (κ1) is 17.0. The largest absolute Gasteiger partial charge is 0.457 e. The van der Waals surface area contributed by atoms with Crippen molar-refractivity contribution in [3.63, 3.8) is 0 Å². The first-order valence-corrected chi connectivity index (χ1v) is 8.94. The van der Waals surface area contributed by atoms with Gasteiger partial charge in [0.2, 0.25) is 5.78 Å². The maximum absolute atomic E-state index is 12.5. The molecule has 0 amide bonds. The van der Waals surface area contributed by atoms with Gasteiger partial charge in [-0.2, -0.15) is 0 Å². The van der Waals surface area contributed by atoms with Gasteiger partial charge in [-0.05, 0) is 28.8 Å². The third kappa shape index (κ3) is 3.60. The van der Waals surface area contributed by atoms with Crippen LogP contribution < -0.4 is 0 Å². The molecule has 0 radical (unpaired) electrons. The fourth-order valence-electron chi connectivity index (χ4n) is 3.34. The van der Waals surface area contributed by atoms with E-state index in [1.165, 1.54) is 0 Å². The molecule has 0 unspecified atom stereocenters. The van der Waals surface area contributed by atoms with Gasteiger partial charge < -0.3 is 9.72 Å². The monoisotopic (exact) mass is 357 g/mol. The average Bonchev–Trinajstić information content (AvgIpc) is 3.13. The van der Waals surface area contributed by atoms with Crippen LogP contribution in [-0.2, 0) is 16.0 Å². The molecule has 4 heteroatoms. The van der Waals surface area contributed by atoms with E-state index in [1.54, 1.807) is 6.07 Å². The van der Waals surface area contributed by atoms with Gasteiger partial charge in [-0.25, -0.2) is 0 Å². The molecular weight excluding hydrogens is 338 g/mol. The van der Waals surface area contributed by atoms with Gasteiger partial charge in [0, 0.05) is 29.1 Å². The van der Waals surface area contributed by atoms with Gasteiger partial charge in [0.15, 0.2) is 6.61 Å². The lowest BCUT2D eigenvalue weighted by Crippen LogP contribution is -2.14. The Hall–Kier alpha value is -3.40. The van der Waals surface area contributed by atoms with Crippen molar-refractivity contribution in [3.8, 4) is 0 Å². The van der Waals surface area contributed by atoms with Crippen LogP contribution in [0, 0.1) is 0 Å². The van der Waals surface area contributed by atoms with Gasteiger partial charge in [-0.3, -0.25) is 9.59 Å². The zero-order valence-electron chi connectivity index (χ0n) is 14.8. The maximum atomic E-state index is 12.5. The van der Waals surface area contributed by atoms with Crippen molar-refractivity contribution >= 4 is 33.4 Å². The highest BCUT2D eigenvalue weighted by Gasteiger charge is 2.13. The lowest BCUT2D eigenvalue weighted by atomic mass is 10.0. The summed E-state index contributed by atoms with van der Waals surface area (Å²) in [6, 6.07) is 21.2. The third-order valence-electron chi connectivity index (χ3n) is 4.73. The summed E-state index contributed by atoms with van der Waals surface area (Å²) in [5, 5.41) is 2.98. The number of nitrogens with one attached hydrogen (secondary N) is 1. The standard InChI is InChI=1S/C23H19NO3/c25-22(20-10-5-7-16-6-1-2-8-18(16)20)15-27-23(26)13-12-17-14-24-21-11-4-3-9-19(17)21/h1-11,14,24H,12-13,15H2. The Balaban J connectivity index is 1.37. The Morgan fingerprint density at radius 1 is 0.852 bits per heavy atom. The molecule has 1 heterocycles. The van der Waals surface area contributed by atoms with Crippen LogP contribution in [0.3, 0.4) is 0 Å². The molecule has 1 N–H and O–H groups in total. The predicted octanol–water partition coefficient (Wildman–Crippen LogP) is 4.68. The van der Waals surface area contributed by atoms with Gasteiger partial charge in [0.05, 0.1) is 0 Å². The summed E-state index contributed by atoms with van der Waals surface area (Å²) in [7, 11) is 0. The predicted molar refractivity (Wildman–Crippen MR) is 106 cm³/mol. The molecule has 0 spiro atoms. The molecule has 0 aliphatic carbocycles. The molecule has 0 saturated carbocycles. The summed E-state index contributed by atoms with van der Waals surface area (Å²) in [4.78, 5) is 27.8. The molecule has 27 heavy (non-hydrogen) atoms. The minimum absolute atomic E-state index is 0.188. The molecule has 3 aromatic carbocycles. The SMILES string of the molecule is O=C(CCc1c[nH]c2ccccc12)OCC(=O)c1cccc2ccccc12. The fourth-order valence-corrected chi connectivity index (χ4v) is 3.34. The highest BCUT2D eigenvalue weighted by Crippen LogP contribution is 2.20. The number of carbonyl (C=O) groups excluding carboxylic acids is 2. The summed E-state index contributed by atoms with van der Waals surface area (Å²) in [6.45, 7) is -0.235. The zero-order chi connectivity index (χ0) is 18.6. The highest BCUT2D eigenvalue weighted by atomic mass is 16.5. The van der Waals surface area contributed by atoms with E-state index in [9.17, 15) is 9.59 Å². The summed E-state index contributed by atoms with van der Waals surface area (Å²) < 4.78 is 5.22. The second-order valence-corrected chi connectivity index (χ2v) is 6.47. The van der Waals surface area contributed by atoms with Crippen LogP contribution in [0.4, 0.5) is 0 Å². The summed E-state index contributed by atoms with van der Waals surface area (Å²) in [6.07, 6.45) is 2.73. The van der Waals surface area contributed by atoms with Crippen LogP contribution in [0.1, 0.15) is 22.3 Å². The van der Waals surface area contributed by atoms with Crippen molar-refractivity contribution < 1.29 is 14.3 Å². The Morgan fingerprint density at radius 2 is 1.59 bits per heavy atom. The minimum atomic E-state index is -0.367. The number of aryl methyl sites for hydroxylation is 1. The number of para-hydroxylation sites is 1. The van der Waals surface area contributed by atoms with Crippen LogP contribution in [0.5, 0.6) is 0 Å². The van der Waals surface area contributed by atoms with Crippen molar-refractivity contribution in [3.05, 3.63) is 84.1 Å². The van der Waals surface area contributed by atoms with Crippen LogP contribution >= 0.6 is 0 Å². The molecule has 0 fully saturated rings. The number of ether oxygens (including phenoxy) is 1. The number of hydrogen-bond acceptors (Lipinski definition) is 3. The van der Waals surface area contributed by atoms with Crippen LogP contribution in [0.15, 0.2) is 72.9 Å². The molecule has 0 aliphatic heterocycles. The van der Waals surface area contributed by atoms with E-state index < -0.39 is 0 Å². The van der Waals surface area contributed by atoms with Gasteiger partial charge >= 0.3 is 5.97 Å². The first-order chi connectivity index (χ1) is 13.2. The van der Waals surface area contributed by atoms with Gasteiger partial charge in [0.25, 0.3) is 0 Å². The summed E-state index contributed by atoms with van der Waals surface area (Å²) in [5.74, 6) is -0.555. The minimum Gasteiger partial charge on any atom is -0.457 e. The second-order valence-electron chi connectivity index (χ2n) is 6.47. The molecule has 1 aromatic heterocycles. The van der Waals surface area contributed by atoms with Crippen molar-refractivity contribution in [2.45, 2.75) is 12.8 Å². The van der Waals surface area contributed by atoms with Crippen molar-refractivity contribution in [1.82, 2.24) is 4.98 Å². The first-order valence-electron chi connectivity index (χ1n) is 8.94. The highest BCUT2D eigenvalue weighted by molar-refractivity contribution is 6.09. The normalized spacial score (nSPS) is 11.0. The molecule has 0 atom stereocenters. The average molecular weight is 357 g/mol. The smallest absolute Gasteiger partial charge is 0.306 e. The number of carbonyl (C=O) groups is 2. The Labute approximate surface area is 156 Å². The van der Waals surface area contributed by atoms with Gasteiger partial charge in [0.1, 0.15) is 0 Å². The number of hydrogen-bond donors (Lipinski definition) is 1. The van der Waals surface area contributed by atoms with E-state index in [0.29, 0.717) is 12.0 Å². The van der Waals surface area contributed by atoms with E-state index in [0.717, 1.165) is 27.2 Å². The lowest BCUT2D eigenvalue weighted by molar-refractivity contribution is -0.142. The molecule has 4 nitrogen and oxygen atoms in total. The van der Waals surface area contributed by atoms with Gasteiger partial charge in [-0.15, -0.1) is 0 Å². The Bertz CT molecular complexity index is 1120. The number of benzene rings is 3. The Morgan fingerprint density at radius 3 is 2.48 bits per heavy atom. The van der Waals surface area contributed by atoms with Gasteiger partial charge in [-0.1, -0.05) is 60.7 Å². The zero-order valence-corrected chi connectivity index (χ0v) is 14.8. The third-order valence-corrected chi connectivity index (χ3v) is 4.73. The van der Waals surface area contributed by atoms with E-state index in [-0.39, 0.29) is 24.8 Å². The number of aromatic amines is 1.